The fourth-order valence-corrected chi connectivity index (χ4v) is 3.65. The van der Waals surface area contributed by atoms with Crippen LogP contribution in [0.2, 0.25) is 0 Å². The zero-order chi connectivity index (χ0) is 12.4. The lowest BCUT2D eigenvalue weighted by Gasteiger charge is -2.19. The number of nitrogens with zero attached hydrogens (tertiary/aromatic N) is 1. The SMILES string of the molecule is O=C(N/N=C\[C@@H]1C[C@@H]2C=C[C@H]1C2)C1CCCCC1. The number of hydrazone groups is 1. The van der Waals surface area contributed by atoms with Crippen LogP contribution < -0.4 is 5.43 Å². The zero-order valence-electron chi connectivity index (χ0n) is 10.8. The summed E-state index contributed by atoms with van der Waals surface area (Å²) in [7, 11) is 0. The van der Waals surface area contributed by atoms with Crippen molar-refractivity contribution in [3.63, 3.8) is 0 Å². The van der Waals surface area contributed by atoms with Gasteiger partial charge >= 0.3 is 0 Å². The summed E-state index contributed by atoms with van der Waals surface area (Å²) in [6.45, 7) is 0. The molecular formula is C15H22N2O. The number of nitrogens with one attached hydrogen (secondary N) is 1. The van der Waals surface area contributed by atoms with Crippen LogP contribution in [0.15, 0.2) is 17.3 Å². The second-order valence-corrected chi connectivity index (χ2v) is 6.03. The van der Waals surface area contributed by atoms with E-state index in [1.165, 1.54) is 32.1 Å². The first-order chi connectivity index (χ1) is 8.83. The fourth-order valence-electron chi connectivity index (χ4n) is 3.65. The van der Waals surface area contributed by atoms with E-state index >= 15 is 0 Å². The van der Waals surface area contributed by atoms with Gasteiger partial charge in [-0.25, -0.2) is 5.43 Å². The lowest BCUT2D eigenvalue weighted by atomic mass is 9.89. The second kappa shape index (κ2) is 5.25. The van der Waals surface area contributed by atoms with Crippen LogP contribution in [0, 0.1) is 23.7 Å². The maximum Gasteiger partial charge on any atom is 0.243 e. The highest BCUT2D eigenvalue weighted by atomic mass is 16.2. The van der Waals surface area contributed by atoms with E-state index in [4.69, 9.17) is 0 Å². The number of hydrogen-bond donors (Lipinski definition) is 1. The molecule has 0 aliphatic heterocycles. The third kappa shape index (κ3) is 2.50. The maximum atomic E-state index is 11.9. The van der Waals surface area contributed by atoms with E-state index in [1.54, 1.807) is 0 Å². The summed E-state index contributed by atoms with van der Waals surface area (Å²) in [4.78, 5) is 11.9. The van der Waals surface area contributed by atoms with Crippen LogP contribution in [-0.2, 0) is 4.79 Å². The minimum absolute atomic E-state index is 0.129. The number of carbonyl (C=O) groups excluding carboxylic acids is 1. The normalized spacial score (nSPS) is 35.4. The van der Waals surface area contributed by atoms with Gasteiger partial charge in [0.1, 0.15) is 0 Å². The van der Waals surface area contributed by atoms with Gasteiger partial charge in [0.25, 0.3) is 0 Å². The average Bonchev–Trinajstić information content (AvgIpc) is 3.02. The molecule has 18 heavy (non-hydrogen) atoms. The Morgan fingerprint density at radius 2 is 2.00 bits per heavy atom. The molecule has 0 unspecified atom stereocenters. The molecule has 1 N–H and O–H groups in total. The van der Waals surface area contributed by atoms with E-state index in [0.717, 1.165) is 18.8 Å². The van der Waals surface area contributed by atoms with Crippen molar-refractivity contribution >= 4 is 12.1 Å². The van der Waals surface area contributed by atoms with Crippen molar-refractivity contribution in [2.45, 2.75) is 44.9 Å². The Kier molecular flexibility index (Phi) is 3.48. The highest BCUT2D eigenvalue weighted by molar-refractivity contribution is 5.79. The molecule has 0 aromatic heterocycles. The van der Waals surface area contributed by atoms with Crippen LogP contribution in [0.3, 0.4) is 0 Å². The third-order valence-electron chi connectivity index (χ3n) is 4.75. The van der Waals surface area contributed by atoms with Gasteiger partial charge in [-0.1, -0.05) is 31.4 Å². The van der Waals surface area contributed by atoms with Gasteiger partial charge < -0.3 is 0 Å². The summed E-state index contributed by atoms with van der Waals surface area (Å²) in [6.07, 6.45) is 14.9. The van der Waals surface area contributed by atoms with Crippen LogP contribution in [0.5, 0.6) is 0 Å². The van der Waals surface area contributed by atoms with Gasteiger partial charge in [-0.05, 0) is 37.5 Å². The molecule has 0 aromatic carbocycles. The quantitative estimate of drug-likeness (QED) is 0.464. The van der Waals surface area contributed by atoms with Crippen LogP contribution in [0.25, 0.3) is 0 Å². The van der Waals surface area contributed by atoms with Gasteiger partial charge in [0.15, 0.2) is 0 Å². The molecule has 1 amide bonds. The smallest absolute Gasteiger partial charge is 0.243 e. The molecule has 0 aromatic rings. The Balaban J connectivity index is 1.46. The summed E-state index contributed by atoms with van der Waals surface area (Å²) in [5, 5.41) is 4.19. The molecule has 2 bridgehead atoms. The summed E-state index contributed by atoms with van der Waals surface area (Å²) >= 11 is 0. The van der Waals surface area contributed by atoms with Gasteiger partial charge in [0.05, 0.1) is 0 Å². The first-order valence-corrected chi connectivity index (χ1v) is 7.34. The molecule has 3 aliphatic carbocycles. The van der Waals surface area contributed by atoms with Gasteiger partial charge in [0.2, 0.25) is 5.91 Å². The molecule has 0 heterocycles. The molecule has 2 fully saturated rings. The molecule has 3 nitrogen and oxygen atoms in total. The van der Waals surface area contributed by atoms with E-state index in [0.29, 0.717) is 11.8 Å². The standard InChI is InChI=1S/C15H22N2O/c18-15(12-4-2-1-3-5-12)17-16-10-14-9-11-6-7-13(14)8-11/h6-7,10-14H,1-5,8-9H2,(H,17,18)/b16-10-/t11-,13+,14+/m1/s1. The first kappa shape index (κ1) is 11.9. The molecule has 3 rings (SSSR count). The van der Waals surface area contributed by atoms with Gasteiger partial charge in [-0.15, -0.1) is 0 Å². The second-order valence-electron chi connectivity index (χ2n) is 6.03. The third-order valence-corrected chi connectivity index (χ3v) is 4.75. The number of fused-ring (bicyclic) bond motifs is 2. The van der Waals surface area contributed by atoms with Crippen molar-refractivity contribution in [1.82, 2.24) is 5.43 Å². The fraction of sp³-hybridized carbons (Fsp3) is 0.733. The molecule has 3 aliphatic rings. The van der Waals surface area contributed by atoms with Crippen LogP contribution in [-0.4, -0.2) is 12.1 Å². The van der Waals surface area contributed by atoms with Gasteiger partial charge in [-0.2, -0.15) is 5.10 Å². The lowest BCUT2D eigenvalue weighted by molar-refractivity contribution is -0.125. The number of hydrogen-bond acceptors (Lipinski definition) is 2. The predicted octanol–water partition coefficient (Wildman–Crippen LogP) is 2.88. The van der Waals surface area contributed by atoms with Crippen molar-refractivity contribution in [2.24, 2.45) is 28.8 Å². The van der Waals surface area contributed by atoms with Crippen molar-refractivity contribution in [1.29, 1.82) is 0 Å². The number of rotatable bonds is 3. The van der Waals surface area contributed by atoms with E-state index in [9.17, 15) is 4.79 Å². The molecule has 0 spiro atoms. The van der Waals surface area contributed by atoms with Crippen molar-refractivity contribution in [3.8, 4) is 0 Å². The van der Waals surface area contributed by atoms with E-state index in [-0.39, 0.29) is 11.8 Å². The van der Waals surface area contributed by atoms with Crippen molar-refractivity contribution in [3.05, 3.63) is 12.2 Å². The summed E-state index contributed by atoms with van der Waals surface area (Å²) < 4.78 is 0. The minimum atomic E-state index is 0.129. The van der Waals surface area contributed by atoms with Crippen LogP contribution in [0.4, 0.5) is 0 Å². The average molecular weight is 246 g/mol. The highest BCUT2D eigenvalue weighted by Crippen LogP contribution is 2.42. The highest BCUT2D eigenvalue weighted by Gasteiger charge is 2.34. The van der Waals surface area contributed by atoms with Crippen molar-refractivity contribution < 1.29 is 4.79 Å². The summed E-state index contributed by atoms with van der Waals surface area (Å²) in [6, 6.07) is 0. The van der Waals surface area contributed by atoms with Crippen molar-refractivity contribution in [2.75, 3.05) is 0 Å². The maximum absolute atomic E-state index is 11.9. The zero-order valence-corrected chi connectivity index (χ0v) is 10.8. The van der Waals surface area contributed by atoms with Gasteiger partial charge in [0, 0.05) is 18.1 Å². The lowest BCUT2D eigenvalue weighted by Crippen LogP contribution is -2.28. The Bertz CT molecular complexity index is 369. The first-order valence-electron chi connectivity index (χ1n) is 7.34. The predicted molar refractivity (Wildman–Crippen MR) is 72.1 cm³/mol. The molecule has 3 atom stereocenters. The topological polar surface area (TPSA) is 41.5 Å². The molecular weight excluding hydrogens is 224 g/mol. The van der Waals surface area contributed by atoms with Crippen LogP contribution in [0.1, 0.15) is 44.9 Å². The number of allylic oxidation sites excluding steroid dienone is 2. The van der Waals surface area contributed by atoms with E-state index < -0.39 is 0 Å². The number of carbonyl (C=O) groups is 1. The Morgan fingerprint density at radius 3 is 2.67 bits per heavy atom. The monoisotopic (exact) mass is 246 g/mol. The Hall–Kier alpha value is -1.12. The minimum Gasteiger partial charge on any atom is -0.273 e. The molecule has 0 radical (unpaired) electrons. The van der Waals surface area contributed by atoms with Gasteiger partial charge in [-0.3, -0.25) is 4.79 Å². The summed E-state index contributed by atoms with van der Waals surface area (Å²) in [5.74, 6) is 2.32. The molecule has 98 valence electrons. The van der Waals surface area contributed by atoms with E-state index in [2.05, 4.69) is 22.7 Å². The largest absolute Gasteiger partial charge is 0.273 e. The number of amides is 1. The molecule has 2 saturated carbocycles. The molecule has 0 saturated heterocycles. The Morgan fingerprint density at radius 1 is 1.17 bits per heavy atom. The Labute approximate surface area is 109 Å². The van der Waals surface area contributed by atoms with E-state index in [1.807, 2.05) is 6.21 Å². The molecule has 3 heteroatoms. The van der Waals surface area contributed by atoms with Crippen LogP contribution >= 0.6 is 0 Å². The summed E-state index contributed by atoms with van der Waals surface area (Å²) in [5.41, 5.74) is 2.75.